The van der Waals surface area contributed by atoms with Crippen molar-refractivity contribution in [2.45, 2.75) is 18.7 Å². The van der Waals surface area contributed by atoms with Crippen LogP contribution in [0, 0.1) is 13.8 Å². The molecule has 1 rings (SSSR count). The third-order valence-electron chi connectivity index (χ3n) is 2.75. The van der Waals surface area contributed by atoms with Crippen LogP contribution in [0.5, 0.6) is 5.75 Å². The monoisotopic (exact) mass is 317 g/mol. The fourth-order valence-electron chi connectivity index (χ4n) is 1.57. The van der Waals surface area contributed by atoms with Crippen LogP contribution in [0.25, 0.3) is 0 Å². The van der Waals surface area contributed by atoms with Crippen molar-refractivity contribution in [3.63, 3.8) is 0 Å². The van der Waals surface area contributed by atoms with Gasteiger partial charge in [0, 0.05) is 17.2 Å². The van der Waals surface area contributed by atoms with Gasteiger partial charge in [-0.05, 0) is 37.1 Å². The van der Waals surface area contributed by atoms with E-state index in [-0.39, 0.29) is 17.4 Å². The summed E-state index contributed by atoms with van der Waals surface area (Å²) in [7, 11) is 1.54. The fourth-order valence-corrected chi connectivity index (χ4v) is 2.82. The molecule has 0 aliphatic heterocycles. The molecular formula is C13H16ClNO4S. The smallest absolute Gasteiger partial charge is 0.261 e. The van der Waals surface area contributed by atoms with Crippen LogP contribution in [-0.2, 0) is 13.8 Å². The van der Waals surface area contributed by atoms with Gasteiger partial charge in [-0.1, -0.05) is 6.08 Å². The average Bonchev–Trinajstić information content (AvgIpc) is 2.36. The number of amides is 1. The summed E-state index contributed by atoms with van der Waals surface area (Å²) in [6.45, 7) is 7.04. The summed E-state index contributed by atoms with van der Waals surface area (Å²) in [6, 6.07) is 2.85. The molecule has 0 unspecified atom stereocenters. The second-order valence-electron chi connectivity index (χ2n) is 4.13. The van der Waals surface area contributed by atoms with Gasteiger partial charge >= 0.3 is 0 Å². The largest absolute Gasteiger partial charge is 0.483 e. The molecule has 0 bridgehead atoms. The van der Waals surface area contributed by atoms with E-state index in [1.165, 1.54) is 12.1 Å². The molecule has 5 nitrogen and oxygen atoms in total. The van der Waals surface area contributed by atoms with Crippen molar-refractivity contribution in [3.8, 4) is 5.75 Å². The van der Waals surface area contributed by atoms with E-state index in [1.54, 1.807) is 19.9 Å². The van der Waals surface area contributed by atoms with Gasteiger partial charge in [0.2, 0.25) is 0 Å². The fraction of sp³-hybridized carbons (Fsp3) is 0.308. The summed E-state index contributed by atoms with van der Waals surface area (Å²) in [5, 5.41) is 2.57. The number of carbonyl (C=O) groups is 1. The Kier molecular flexibility index (Phi) is 5.59. The van der Waals surface area contributed by atoms with Crippen LogP contribution in [0.4, 0.5) is 0 Å². The first-order valence-corrected chi connectivity index (χ1v) is 8.13. The molecule has 0 aromatic heterocycles. The lowest BCUT2D eigenvalue weighted by molar-refractivity contribution is -0.122. The summed E-state index contributed by atoms with van der Waals surface area (Å²) in [4.78, 5) is 11.4. The summed E-state index contributed by atoms with van der Waals surface area (Å²) < 4.78 is 28.1. The number of benzene rings is 1. The van der Waals surface area contributed by atoms with E-state index in [0.29, 0.717) is 23.4 Å². The molecule has 0 aliphatic carbocycles. The molecule has 1 aromatic carbocycles. The Morgan fingerprint density at radius 1 is 1.40 bits per heavy atom. The normalized spacial score (nSPS) is 10.9. The Hall–Kier alpha value is -1.53. The Labute approximate surface area is 123 Å². The van der Waals surface area contributed by atoms with Crippen LogP contribution in [-0.4, -0.2) is 27.5 Å². The Morgan fingerprint density at radius 2 is 2.05 bits per heavy atom. The lowest BCUT2D eigenvalue weighted by atomic mass is 10.1. The predicted molar refractivity (Wildman–Crippen MR) is 77.7 cm³/mol. The molecule has 1 aromatic rings. The first-order chi connectivity index (χ1) is 9.27. The third-order valence-corrected chi connectivity index (χ3v) is 4.22. The van der Waals surface area contributed by atoms with Crippen molar-refractivity contribution in [2.75, 3.05) is 13.2 Å². The van der Waals surface area contributed by atoms with E-state index in [9.17, 15) is 13.2 Å². The Morgan fingerprint density at radius 3 is 2.60 bits per heavy atom. The number of hydrogen-bond acceptors (Lipinski definition) is 4. The Balaban J connectivity index is 2.86. The molecule has 0 fully saturated rings. The first kappa shape index (κ1) is 16.5. The molecule has 0 saturated carbocycles. The number of nitrogens with one attached hydrogen (secondary N) is 1. The predicted octanol–water partition coefficient (Wildman–Crippen LogP) is 1.91. The van der Waals surface area contributed by atoms with E-state index < -0.39 is 9.05 Å². The molecule has 1 amide bonds. The van der Waals surface area contributed by atoms with Gasteiger partial charge in [-0.3, -0.25) is 4.79 Å². The molecule has 0 radical (unpaired) electrons. The SMILES string of the molecule is C=CCNC(=O)COc1ccc(S(=O)(=O)Cl)c(C)c1C. The van der Waals surface area contributed by atoms with Crippen molar-refractivity contribution < 1.29 is 17.9 Å². The highest BCUT2D eigenvalue weighted by atomic mass is 35.7. The summed E-state index contributed by atoms with van der Waals surface area (Å²) in [5.74, 6) is 0.163. The third kappa shape index (κ3) is 4.25. The molecule has 20 heavy (non-hydrogen) atoms. The number of carbonyl (C=O) groups excluding carboxylic acids is 1. The zero-order valence-electron chi connectivity index (χ0n) is 11.3. The number of rotatable bonds is 6. The van der Waals surface area contributed by atoms with Crippen molar-refractivity contribution in [1.82, 2.24) is 5.32 Å². The van der Waals surface area contributed by atoms with Crippen molar-refractivity contribution in [2.24, 2.45) is 0 Å². The van der Waals surface area contributed by atoms with Crippen LogP contribution in [0.3, 0.4) is 0 Å². The summed E-state index contributed by atoms with van der Waals surface area (Å²) >= 11 is 0. The topological polar surface area (TPSA) is 72.5 Å². The van der Waals surface area contributed by atoms with Gasteiger partial charge in [0.25, 0.3) is 15.0 Å². The van der Waals surface area contributed by atoms with Gasteiger partial charge in [-0.15, -0.1) is 6.58 Å². The van der Waals surface area contributed by atoms with Crippen LogP contribution < -0.4 is 10.1 Å². The van der Waals surface area contributed by atoms with Crippen LogP contribution in [0.15, 0.2) is 29.7 Å². The standard InChI is InChI=1S/C13H16ClNO4S/c1-4-7-15-13(16)8-19-11-5-6-12(20(14,17)18)10(3)9(11)2/h4-6H,1,7-8H2,2-3H3,(H,15,16). The van der Waals surface area contributed by atoms with Crippen LogP contribution in [0.1, 0.15) is 11.1 Å². The molecule has 0 spiro atoms. The molecule has 0 heterocycles. The zero-order valence-corrected chi connectivity index (χ0v) is 12.8. The number of halogens is 1. The maximum atomic E-state index is 11.4. The second kappa shape index (κ2) is 6.76. The van der Waals surface area contributed by atoms with E-state index in [2.05, 4.69) is 11.9 Å². The summed E-state index contributed by atoms with van der Waals surface area (Å²) in [5.41, 5.74) is 1.13. The highest BCUT2D eigenvalue weighted by molar-refractivity contribution is 8.13. The van der Waals surface area contributed by atoms with Gasteiger partial charge in [0.05, 0.1) is 4.90 Å². The average molecular weight is 318 g/mol. The lowest BCUT2D eigenvalue weighted by Gasteiger charge is -2.12. The molecule has 0 atom stereocenters. The van der Waals surface area contributed by atoms with Crippen molar-refractivity contribution in [1.29, 1.82) is 0 Å². The zero-order chi connectivity index (χ0) is 15.3. The molecule has 1 N–H and O–H groups in total. The first-order valence-electron chi connectivity index (χ1n) is 5.82. The Bertz CT molecular complexity index is 626. The minimum atomic E-state index is -3.79. The van der Waals surface area contributed by atoms with Crippen LogP contribution in [0.2, 0.25) is 0 Å². The van der Waals surface area contributed by atoms with Crippen molar-refractivity contribution in [3.05, 3.63) is 35.9 Å². The van der Waals surface area contributed by atoms with Gasteiger partial charge < -0.3 is 10.1 Å². The minimum absolute atomic E-state index is 0.0418. The van der Waals surface area contributed by atoms with E-state index in [0.717, 1.165) is 0 Å². The lowest BCUT2D eigenvalue weighted by Crippen LogP contribution is -2.28. The highest BCUT2D eigenvalue weighted by Crippen LogP contribution is 2.28. The van der Waals surface area contributed by atoms with Gasteiger partial charge in [-0.25, -0.2) is 8.42 Å². The van der Waals surface area contributed by atoms with E-state index in [4.69, 9.17) is 15.4 Å². The molecular weight excluding hydrogens is 302 g/mol. The van der Waals surface area contributed by atoms with Gasteiger partial charge in [-0.2, -0.15) is 0 Å². The minimum Gasteiger partial charge on any atom is -0.483 e. The van der Waals surface area contributed by atoms with E-state index >= 15 is 0 Å². The molecule has 0 aliphatic rings. The second-order valence-corrected chi connectivity index (χ2v) is 6.67. The van der Waals surface area contributed by atoms with Crippen molar-refractivity contribution >= 4 is 25.6 Å². The van der Waals surface area contributed by atoms with Gasteiger partial charge in [0.15, 0.2) is 6.61 Å². The molecule has 7 heteroatoms. The number of hydrogen-bond donors (Lipinski definition) is 1. The quantitative estimate of drug-likeness (QED) is 0.642. The van der Waals surface area contributed by atoms with Crippen LogP contribution >= 0.6 is 10.7 Å². The highest BCUT2D eigenvalue weighted by Gasteiger charge is 2.17. The maximum absolute atomic E-state index is 11.4. The van der Waals surface area contributed by atoms with Gasteiger partial charge in [0.1, 0.15) is 5.75 Å². The molecule has 110 valence electrons. The number of ether oxygens (including phenoxy) is 1. The summed E-state index contributed by atoms with van der Waals surface area (Å²) in [6.07, 6.45) is 1.56. The maximum Gasteiger partial charge on any atom is 0.261 e. The van der Waals surface area contributed by atoms with E-state index in [1.807, 2.05) is 0 Å². The molecule has 0 saturated heterocycles.